The zero-order valence-electron chi connectivity index (χ0n) is 11.0. The van der Waals surface area contributed by atoms with E-state index in [1.807, 2.05) is 5.32 Å². The predicted molar refractivity (Wildman–Crippen MR) is 67.8 cm³/mol. The Bertz CT molecular complexity index is 486. The zero-order chi connectivity index (χ0) is 14.6. The van der Waals surface area contributed by atoms with Crippen LogP contribution in [0, 0.1) is 0 Å². The largest absolute Gasteiger partial charge is 0.503 e. The highest BCUT2D eigenvalue weighted by atomic mass is 16.5. The SMILES string of the molecule is CC(C)Oc1ccnc(C(=O)NC(=O)[C@@H](C)N)c1O. The van der Waals surface area contributed by atoms with Crippen molar-refractivity contribution in [2.45, 2.75) is 32.9 Å². The number of nitrogens with zero attached hydrogens (tertiary/aromatic N) is 1. The summed E-state index contributed by atoms with van der Waals surface area (Å²) in [7, 11) is 0. The summed E-state index contributed by atoms with van der Waals surface area (Å²) in [5.74, 6) is -1.76. The maximum Gasteiger partial charge on any atom is 0.280 e. The molecule has 1 aromatic heterocycles. The molecular formula is C12H17N3O4. The van der Waals surface area contributed by atoms with Crippen molar-refractivity contribution in [1.29, 1.82) is 0 Å². The highest BCUT2D eigenvalue weighted by molar-refractivity contribution is 6.06. The van der Waals surface area contributed by atoms with Crippen LogP contribution in [0.4, 0.5) is 0 Å². The van der Waals surface area contributed by atoms with E-state index in [9.17, 15) is 14.7 Å². The van der Waals surface area contributed by atoms with Gasteiger partial charge in [0.2, 0.25) is 5.91 Å². The first-order valence-corrected chi connectivity index (χ1v) is 5.78. The molecule has 0 aliphatic rings. The normalized spacial score (nSPS) is 12.1. The van der Waals surface area contributed by atoms with Gasteiger partial charge in [-0.3, -0.25) is 14.9 Å². The highest BCUT2D eigenvalue weighted by Gasteiger charge is 2.20. The third kappa shape index (κ3) is 3.92. The van der Waals surface area contributed by atoms with E-state index in [4.69, 9.17) is 10.5 Å². The monoisotopic (exact) mass is 267 g/mol. The number of rotatable bonds is 4. The Morgan fingerprint density at radius 2 is 2.05 bits per heavy atom. The second-order valence-corrected chi connectivity index (χ2v) is 4.28. The second-order valence-electron chi connectivity index (χ2n) is 4.28. The van der Waals surface area contributed by atoms with Crippen LogP contribution >= 0.6 is 0 Å². The summed E-state index contributed by atoms with van der Waals surface area (Å²) in [6.45, 7) is 4.99. The number of hydrogen-bond acceptors (Lipinski definition) is 6. The Balaban J connectivity index is 2.95. The molecule has 7 nitrogen and oxygen atoms in total. The van der Waals surface area contributed by atoms with Gasteiger partial charge in [-0.2, -0.15) is 0 Å². The van der Waals surface area contributed by atoms with Crippen molar-refractivity contribution >= 4 is 11.8 Å². The highest BCUT2D eigenvalue weighted by Crippen LogP contribution is 2.28. The molecule has 7 heteroatoms. The minimum absolute atomic E-state index is 0.128. The molecule has 2 amide bonds. The van der Waals surface area contributed by atoms with Crippen LogP contribution in [-0.4, -0.2) is 34.1 Å². The number of hydrogen-bond donors (Lipinski definition) is 3. The predicted octanol–water partition coefficient (Wildman–Crippen LogP) is 0.178. The number of amides is 2. The maximum atomic E-state index is 11.8. The smallest absolute Gasteiger partial charge is 0.280 e. The molecule has 0 bridgehead atoms. The van der Waals surface area contributed by atoms with Gasteiger partial charge < -0.3 is 15.6 Å². The fourth-order valence-electron chi connectivity index (χ4n) is 1.24. The van der Waals surface area contributed by atoms with Crippen LogP contribution in [-0.2, 0) is 4.79 Å². The third-order valence-corrected chi connectivity index (χ3v) is 2.12. The number of ether oxygens (including phenoxy) is 1. The van der Waals surface area contributed by atoms with Gasteiger partial charge >= 0.3 is 0 Å². The van der Waals surface area contributed by atoms with Crippen molar-refractivity contribution in [3.63, 3.8) is 0 Å². The molecule has 19 heavy (non-hydrogen) atoms. The van der Waals surface area contributed by atoms with Gasteiger partial charge in [-0.05, 0) is 20.8 Å². The maximum absolute atomic E-state index is 11.8. The van der Waals surface area contributed by atoms with Crippen LogP contribution in [0.25, 0.3) is 0 Å². The van der Waals surface area contributed by atoms with Gasteiger partial charge in [0.15, 0.2) is 17.2 Å². The first kappa shape index (κ1) is 14.9. The van der Waals surface area contributed by atoms with E-state index in [0.29, 0.717) is 0 Å². The molecule has 1 atom stereocenters. The topological polar surface area (TPSA) is 115 Å². The molecule has 0 aliphatic heterocycles. The van der Waals surface area contributed by atoms with Gasteiger partial charge in [0.05, 0.1) is 12.1 Å². The minimum Gasteiger partial charge on any atom is -0.503 e. The van der Waals surface area contributed by atoms with Crippen molar-refractivity contribution in [3.8, 4) is 11.5 Å². The molecule has 1 heterocycles. The molecule has 0 spiro atoms. The lowest BCUT2D eigenvalue weighted by molar-refractivity contribution is -0.121. The molecule has 104 valence electrons. The average Bonchev–Trinajstić information content (AvgIpc) is 2.30. The molecule has 0 fully saturated rings. The summed E-state index contributed by atoms with van der Waals surface area (Å²) in [5.41, 5.74) is 5.04. The summed E-state index contributed by atoms with van der Waals surface area (Å²) >= 11 is 0. The summed E-state index contributed by atoms with van der Waals surface area (Å²) in [4.78, 5) is 26.8. The van der Waals surface area contributed by atoms with E-state index in [-0.39, 0.29) is 17.5 Å². The van der Waals surface area contributed by atoms with Gasteiger partial charge in [-0.1, -0.05) is 0 Å². The fraction of sp³-hybridized carbons (Fsp3) is 0.417. The van der Waals surface area contributed by atoms with Crippen LogP contribution in [0.2, 0.25) is 0 Å². The first-order valence-electron chi connectivity index (χ1n) is 5.78. The molecule has 0 aromatic carbocycles. The third-order valence-electron chi connectivity index (χ3n) is 2.12. The van der Waals surface area contributed by atoms with E-state index < -0.39 is 23.6 Å². The van der Waals surface area contributed by atoms with Crippen LogP contribution in [0.5, 0.6) is 11.5 Å². The van der Waals surface area contributed by atoms with Crippen molar-refractivity contribution < 1.29 is 19.4 Å². The Morgan fingerprint density at radius 1 is 1.42 bits per heavy atom. The Hall–Kier alpha value is -2.15. The number of carbonyl (C=O) groups is 2. The molecular weight excluding hydrogens is 250 g/mol. The van der Waals surface area contributed by atoms with Crippen LogP contribution < -0.4 is 15.8 Å². The molecule has 1 aromatic rings. The lowest BCUT2D eigenvalue weighted by Gasteiger charge is -2.13. The number of aromatic nitrogens is 1. The molecule has 4 N–H and O–H groups in total. The van der Waals surface area contributed by atoms with Gasteiger partial charge in [-0.15, -0.1) is 0 Å². The quantitative estimate of drug-likeness (QED) is 0.716. The molecule has 1 rings (SSSR count). The summed E-state index contributed by atoms with van der Waals surface area (Å²) in [6, 6.07) is 0.598. The van der Waals surface area contributed by atoms with Crippen molar-refractivity contribution in [1.82, 2.24) is 10.3 Å². The van der Waals surface area contributed by atoms with Crippen LogP contribution in [0.15, 0.2) is 12.3 Å². The number of aromatic hydroxyl groups is 1. The van der Waals surface area contributed by atoms with Crippen molar-refractivity contribution in [3.05, 3.63) is 18.0 Å². The zero-order valence-corrected chi connectivity index (χ0v) is 11.0. The summed E-state index contributed by atoms with van der Waals surface area (Å²) in [5, 5.41) is 11.9. The van der Waals surface area contributed by atoms with E-state index in [1.54, 1.807) is 13.8 Å². The Morgan fingerprint density at radius 3 is 2.58 bits per heavy atom. The number of carbonyl (C=O) groups excluding carboxylic acids is 2. The van der Waals surface area contributed by atoms with Gasteiger partial charge in [-0.25, -0.2) is 4.98 Å². The molecule has 0 unspecified atom stereocenters. The minimum atomic E-state index is -0.832. The van der Waals surface area contributed by atoms with Gasteiger partial charge in [0.1, 0.15) is 0 Å². The van der Waals surface area contributed by atoms with Crippen LogP contribution in [0.1, 0.15) is 31.3 Å². The molecule has 0 aliphatic carbocycles. The number of nitrogens with two attached hydrogens (primary N) is 1. The van der Waals surface area contributed by atoms with E-state index in [0.717, 1.165) is 0 Å². The van der Waals surface area contributed by atoms with Crippen molar-refractivity contribution in [2.24, 2.45) is 5.73 Å². The Labute approximate surface area is 110 Å². The number of nitrogens with one attached hydrogen (secondary N) is 1. The molecule has 0 saturated carbocycles. The summed E-state index contributed by atoms with van der Waals surface area (Å²) < 4.78 is 5.31. The lowest BCUT2D eigenvalue weighted by atomic mass is 10.2. The standard InChI is InChI=1S/C12H17N3O4/c1-6(2)19-8-4-5-14-9(10(8)16)12(18)15-11(17)7(3)13/h4-7,16H,13H2,1-3H3,(H,15,17,18)/t7-/m1/s1. The summed E-state index contributed by atoms with van der Waals surface area (Å²) in [6.07, 6.45) is 1.14. The Kier molecular flexibility index (Phi) is 4.82. The van der Waals surface area contributed by atoms with Gasteiger partial charge in [0.25, 0.3) is 5.91 Å². The number of imide groups is 1. The van der Waals surface area contributed by atoms with Crippen molar-refractivity contribution in [2.75, 3.05) is 0 Å². The first-order chi connectivity index (χ1) is 8.82. The number of pyridine rings is 1. The van der Waals surface area contributed by atoms with E-state index in [1.165, 1.54) is 19.2 Å². The second kappa shape index (κ2) is 6.14. The molecule has 0 saturated heterocycles. The molecule has 0 radical (unpaired) electrons. The van der Waals surface area contributed by atoms with E-state index in [2.05, 4.69) is 4.98 Å². The average molecular weight is 267 g/mol. The lowest BCUT2D eigenvalue weighted by Crippen LogP contribution is -2.41. The van der Waals surface area contributed by atoms with Gasteiger partial charge in [0, 0.05) is 12.3 Å². The van der Waals surface area contributed by atoms with E-state index >= 15 is 0 Å². The fourth-order valence-corrected chi connectivity index (χ4v) is 1.24. The van der Waals surface area contributed by atoms with Crippen LogP contribution in [0.3, 0.4) is 0 Å².